The van der Waals surface area contributed by atoms with Gasteiger partial charge in [-0.2, -0.15) is 0 Å². The Labute approximate surface area is 113 Å². The molecule has 0 saturated heterocycles. The maximum Gasteiger partial charge on any atom is 0.260 e. The van der Waals surface area contributed by atoms with Crippen molar-refractivity contribution in [2.24, 2.45) is 0 Å². The average molecular weight is 255 g/mol. The first-order chi connectivity index (χ1) is 9.13. The summed E-state index contributed by atoms with van der Waals surface area (Å²) in [4.78, 5) is 18.1. The van der Waals surface area contributed by atoms with Crippen molar-refractivity contribution in [2.75, 3.05) is 24.3 Å². The summed E-state index contributed by atoms with van der Waals surface area (Å²) in [6.45, 7) is 2.00. The summed E-state index contributed by atoms with van der Waals surface area (Å²) in [5.41, 5.74) is 3.44. The molecule has 98 valence electrons. The lowest BCUT2D eigenvalue weighted by Crippen LogP contribution is -2.27. The molecule has 0 atom stereocenters. The number of carbonyl (C=O) groups is 1. The largest absolute Gasteiger partial charge is 0.387 e. The summed E-state index contributed by atoms with van der Waals surface area (Å²) in [5, 5.41) is 3.06. The molecule has 19 heavy (non-hydrogen) atoms. The Kier molecular flexibility index (Phi) is 3.80. The minimum atomic E-state index is -0.0458. The minimum Gasteiger partial charge on any atom is -0.387 e. The van der Waals surface area contributed by atoms with Gasteiger partial charge in [0, 0.05) is 37.9 Å². The van der Waals surface area contributed by atoms with Gasteiger partial charge in [0.25, 0.3) is 5.91 Å². The molecule has 1 aromatic heterocycles. The van der Waals surface area contributed by atoms with Gasteiger partial charge in [0.05, 0.1) is 5.56 Å². The number of amides is 1. The van der Waals surface area contributed by atoms with E-state index in [-0.39, 0.29) is 5.91 Å². The average Bonchev–Trinajstić information content (AvgIpc) is 2.46. The Bertz CT molecular complexity index is 581. The fourth-order valence-electron chi connectivity index (χ4n) is 1.92. The first-order valence-electron chi connectivity index (χ1n) is 6.10. The van der Waals surface area contributed by atoms with Gasteiger partial charge in [0.15, 0.2) is 0 Å². The van der Waals surface area contributed by atoms with Crippen molar-refractivity contribution < 1.29 is 4.79 Å². The predicted octanol–water partition coefficient (Wildman–Crippen LogP) is 2.71. The van der Waals surface area contributed by atoms with Gasteiger partial charge in [-0.1, -0.05) is 6.07 Å². The standard InChI is InChI=1S/C15H17N3O/c1-11-4-5-13(14(10-11)16-2)15(19)18(3)12-6-8-17-9-7-12/h4-10,16H,1-3H3. The summed E-state index contributed by atoms with van der Waals surface area (Å²) in [5.74, 6) is -0.0458. The van der Waals surface area contributed by atoms with Crippen LogP contribution in [0, 0.1) is 6.92 Å². The van der Waals surface area contributed by atoms with Crippen molar-refractivity contribution in [1.82, 2.24) is 4.98 Å². The molecular formula is C15H17N3O. The van der Waals surface area contributed by atoms with E-state index in [1.54, 1.807) is 24.3 Å². The molecule has 0 saturated carbocycles. The molecule has 2 aromatic rings. The molecule has 0 spiro atoms. The van der Waals surface area contributed by atoms with Crippen LogP contribution >= 0.6 is 0 Å². The van der Waals surface area contributed by atoms with Crippen molar-refractivity contribution in [3.63, 3.8) is 0 Å². The highest BCUT2D eigenvalue weighted by atomic mass is 16.2. The predicted molar refractivity (Wildman–Crippen MR) is 77.7 cm³/mol. The smallest absolute Gasteiger partial charge is 0.260 e. The number of rotatable bonds is 3. The minimum absolute atomic E-state index is 0.0458. The first kappa shape index (κ1) is 13.1. The maximum atomic E-state index is 12.5. The number of carbonyl (C=O) groups excluding carboxylic acids is 1. The van der Waals surface area contributed by atoms with Gasteiger partial charge in [0.2, 0.25) is 0 Å². The molecule has 4 nitrogen and oxygen atoms in total. The van der Waals surface area contributed by atoms with Gasteiger partial charge in [-0.05, 0) is 36.8 Å². The Morgan fingerprint density at radius 3 is 2.53 bits per heavy atom. The third kappa shape index (κ3) is 2.73. The van der Waals surface area contributed by atoms with Crippen molar-refractivity contribution in [1.29, 1.82) is 0 Å². The Morgan fingerprint density at radius 2 is 1.89 bits per heavy atom. The molecule has 0 bridgehead atoms. The van der Waals surface area contributed by atoms with E-state index in [2.05, 4.69) is 10.3 Å². The van der Waals surface area contributed by atoms with E-state index < -0.39 is 0 Å². The molecule has 2 rings (SSSR count). The van der Waals surface area contributed by atoms with Gasteiger partial charge in [-0.15, -0.1) is 0 Å². The highest BCUT2D eigenvalue weighted by Crippen LogP contribution is 2.21. The second kappa shape index (κ2) is 5.52. The van der Waals surface area contributed by atoms with Crippen molar-refractivity contribution in [2.45, 2.75) is 6.92 Å². The zero-order valence-corrected chi connectivity index (χ0v) is 11.3. The summed E-state index contributed by atoms with van der Waals surface area (Å²) in [6.07, 6.45) is 3.35. The highest BCUT2D eigenvalue weighted by molar-refractivity contribution is 6.09. The van der Waals surface area contributed by atoms with Crippen LogP contribution in [-0.2, 0) is 0 Å². The fraction of sp³-hybridized carbons (Fsp3) is 0.200. The van der Waals surface area contributed by atoms with E-state index in [9.17, 15) is 4.79 Å². The number of aryl methyl sites for hydroxylation is 1. The van der Waals surface area contributed by atoms with Crippen molar-refractivity contribution in [3.8, 4) is 0 Å². The molecule has 0 unspecified atom stereocenters. The zero-order chi connectivity index (χ0) is 13.8. The normalized spacial score (nSPS) is 10.1. The van der Waals surface area contributed by atoms with Gasteiger partial charge < -0.3 is 10.2 Å². The molecule has 1 aromatic carbocycles. The fourth-order valence-corrected chi connectivity index (χ4v) is 1.92. The third-order valence-corrected chi connectivity index (χ3v) is 3.03. The molecule has 0 aliphatic rings. The van der Waals surface area contributed by atoms with E-state index in [0.717, 1.165) is 16.9 Å². The SMILES string of the molecule is CNc1cc(C)ccc1C(=O)N(C)c1ccncc1. The maximum absolute atomic E-state index is 12.5. The highest BCUT2D eigenvalue weighted by Gasteiger charge is 2.16. The first-order valence-corrected chi connectivity index (χ1v) is 6.10. The van der Waals surface area contributed by atoms with Crippen molar-refractivity contribution in [3.05, 3.63) is 53.9 Å². The molecule has 1 N–H and O–H groups in total. The van der Waals surface area contributed by atoms with Crippen LogP contribution in [0.1, 0.15) is 15.9 Å². The van der Waals surface area contributed by atoms with Crippen molar-refractivity contribution >= 4 is 17.3 Å². The number of nitrogens with zero attached hydrogens (tertiary/aromatic N) is 2. The Hall–Kier alpha value is -2.36. The number of benzene rings is 1. The Morgan fingerprint density at radius 1 is 1.21 bits per heavy atom. The van der Waals surface area contributed by atoms with Crippen LogP contribution < -0.4 is 10.2 Å². The van der Waals surface area contributed by atoms with E-state index in [1.165, 1.54) is 0 Å². The number of nitrogens with one attached hydrogen (secondary N) is 1. The lowest BCUT2D eigenvalue weighted by molar-refractivity contribution is 0.0994. The van der Waals surface area contributed by atoms with Crippen LogP contribution in [0.5, 0.6) is 0 Å². The summed E-state index contributed by atoms with van der Waals surface area (Å²) < 4.78 is 0. The van der Waals surface area contributed by atoms with Crippen LogP contribution in [0.25, 0.3) is 0 Å². The van der Waals surface area contributed by atoms with E-state index in [1.807, 2.05) is 44.3 Å². The van der Waals surface area contributed by atoms with Gasteiger partial charge in [-0.3, -0.25) is 9.78 Å². The number of anilines is 2. The molecule has 0 radical (unpaired) electrons. The molecule has 0 aliphatic heterocycles. The topological polar surface area (TPSA) is 45.2 Å². The third-order valence-electron chi connectivity index (χ3n) is 3.03. The lowest BCUT2D eigenvalue weighted by Gasteiger charge is -2.19. The van der Waals surface area contributed by atoms with E-state index >= 15 is 0 Å². The molecule has 0 fully saturated rings. The van der Waals surface area contributed by atoms with E-state index in [4.69, 9.17) is 0 Å². The number of pyridine rings is 1. The van der Waals surface area contributed by atoms with Crippen LogP contribution in [0.2, 0.25) is 0 Å². The van der Waals surface area contributed by atoms with Crippen LogP contribution in [-0.4, -0.2) is 25.0 Å². The summed E-state index contributed by atoms with van der Waals surface area (Å²) in [7, 11) is 3.58. The van der Waals surface area contributed by atoms with Crippen LogP contribution in [0.15, 0.2) is 42.7 Å². The van der Waals surface area contributed by atoms with Crippen LogP contribution in [0.3, 0.4) is 0 Å². The second-order valence-corrected chi connectivity index (χ2v) is 4.37. The summed E-state index contributed by atoms with van der Waals surface area (Å²) in [6, 6.07) is 9.37. The number of hydrogen-bond acceptors (Lipinski definition) is 3. The molecule has 0 aliphatic carbocycles. The molecule has 1 heterocycles. The van der Waals surface area contributed by atoms with Gasteiger partial charge in [-0.25, -0.2) is 0 Å². The molecule has 4 heteroatoms. The molecule has 1 amide bonds. The Balaban J connectivity index is 2.34. The summed E-state index contributed by atoms with van der Waals surface area (Å²) >= 11 is 0. The zero-order valence-electron chi connectivity index (χ0n) is 11.3. The second-order valence-electron chi connectivity index (χ2n) is 4.37. The molecular weight excluding hydrogens is 238 g/mol. The quantitative estimate of drug-likeness (QED) is 0.917. The number of hydrogen-bond donors (Lipinski definition) is 1. The van der Waals surface area contributed by atoms with Gasteiger partial charge >= 0.3 is 0 Å². The lowest BCUT2D eigenvalue weighted by atomic mass is 10.1. The number of aromatic nitrogens is 1. The van der Waals surface area contributed by atoms with E-state index in [0.29, 0.717) is 5.56 Å². The monoisotopic (exact) mass is 255 g/mol. The van der Waals surface area contributed by atoms with Gasteiger partial charge in [0.1, 0.15) is 0 Å². The van der Waals surface area contributed by atoms with Crippen LogP contribution in [0.4, 0.5) is 11.4 Å².